The van der Waals surface area contributed by atoms with Crippen LogP contribution in [-0.2, 0) is 0 Å². The summed E-state index contributed by atoms with van der Waals surface area (Å²) in [4.78, 5) is 2.39. The van der Waals surface area contributed by atoms with Gasteiger partial charge in [0, 0.05) is 11.6 Å². The topological polar surface area (TPSA) is 3.24 Å². The second-order valence-electron chi connectivity index (χ2n) is 3.87. The number of hydrogen-bond acceptors (Lipinski definition) is 1. The van der Waals surface area contributed by atoms with Crippen LogP contribution in [0.25, 0.3) is 0 Å². The number of benzene rings is 1. The predicted molar refractivity (Wildman–Crippen MR) is 59.0 cm³/mol. The Labute approximate surface area is 85.7 Å². The quantitative estimate of drug-likeness (QED) is 0.607. The summed E-state index contributed by atoms with van der Waals surface area (Å²) in [6, 6.07) is 8.79. The highest BCUT2D eigenvalue weighted by atomic mass is 15.1. The van der Waals surface area contributed by atoms with E-state index in [1.807, 2.05) is 12.1 Å². The van der Waals surface area contributed by atoms with E-state index in [-0.39, 0.29) is 0 Å². The average molecular weight is 185 g/mol. The van der Waals surface area contributed by atoms with Crippen LogP contribution in [0.15, 0.2) is 24.3 Å². The summed E-state index contributed by atoms with van der Waals surface area (Å²) in [6.07, 6.45) is 8.00. The molecule has 0 radical (unpaired) electrons. The van der Waals surface area contributed by atoms with Gasteiger partial charge in [0.1, 0.15) is 0 Å². The van der Waals surface area contributed by atoms with E-state index in [0.29, 0.717) is 6.04 Å². The molecule has 1 heterocycles. The minimum absolute atomic E-state index is 0.530. The molecule has 1 unspecified atom stereocenters. The first kappa shape index (κ1) is 9.30. The Kier molecular flexibility index (Phi) is 2.56. The molecule has 0 bridgehead atoms. The van der Waals surface area contributed by atoms with Crippen molar-refractivity contribution in [2.45, 2.75) is 18.9 Å². The van der Waals surface area contributed by atoms with Crippen LogP contribution in [0.2, 0.25) is 0 Å². The number of hydrogen-bond donors (Lipinski definition) is 0. The molecule has 1 saturated heterocycles. The average Bonchev–Trinajstić information content (AvgIpc) is 2.64. The first-order chi connectivity index (χ1) is 6.83. The highest BCUT2D eigenvalue weighted by Crippen LogP contribution is 2.31. The number of likely N-dealkylation sites (tertiary alicyclic amines) is 1. The van der Waals surface area contributed by atoms with Gasteiger partial charge in [-0.25, -0.2) is 0 Å². The second kappa shape index (κ2) is 3.86. The second-order valence-corrected chi connectivity index (χ2v) is 3.87. The van der Waals surface area contributed by atoms with Crippen LogP contribution in [0.1, 0.15) is 30.0 Å². The molecule has 0 aromatic heterocycles. The van der Waals surface area contributed by atoms with E-state index < -0.39 is 0 Å². The molecule has 14 heavy (non-hydrogen) atoms. The highest BCUT2D eigenvalue weighted by molar-refractivity contribution is 5.41. The fraction of sp³-hybridized carbons (Fsp3) is 0.385. The third kappa shape index (κ3) is 1.54. The molecule has 1 aromatic carbocycles. The smallest absolute Gasteiger partial charge is 0.0357 e. The standard InChI is InChI=1S/C13H15N/c1-3-11-7-4-5-8-12(11)13-9-6-10-14(13)2/h1,4-5,7-8,13H,6,9-10H2,2H3. The van der Waals surface area contributed by atoms with Gasteiger partial charge in [-0.05, 0) is 38.1 Å². The molecule has 0 N–H and O–H groups in total. The van der Waals surface area contributed by atoms with Crippen molar-refractivity contribution < 1.29 is 0 Å². The lowest BCUT2D eigenvalue weighted by Crippen LogP contribution is -2.18. The van der Waals surface area contributed by atoms with Gasteiger partial charge >= 0.3 is 0 Å². The Morgan fingerprint density at radius 1 is 1.43 bits per heavy atom. The van der Waals surface area contributed by atoms with E-state index in [1.165, 1.54) is 24.9 Å². The first-order valence-corrected chi connectivity index (χ1v) is 5.08. The van der Waals surface area contributed by atoms with Crippen molar-refractivity contribution >= 4 is 0 Å². The van der Waals surface area contributed by atoms with Gasteiger partial charge in [-0.1, -0.05) is 24.1 Å². The zero-order chi connectivity index (χ0) is 9.97. The molecule has 0 saturated carbocycles. The van der Waals surface area contributed by atoms with E-state index in [2.05, 4.69) is 30.0 Å². The minimum Gasteiger partial charge on any atom is -0.299 e. The Morgan fingerprint density at radius 2 is 2.21 bits per heavy atom. The highest BCUT2D eigenvalue weighted by Gasteiger charge is 2.23. The van der Waals surface area contributed by atoms with Crippen molar-refractivity contribution in [2.24, 2.45) is 0 Å². The van der Waals surface area contributed by atoms with Gasteiger partial charge in [-0.3, -0.25) is 4.90 Å². The molecule has 72 valence electrons. The van der Waals surface area contributed by atoms with Crippen molar-refractivity contribution in [3.8, 4) is 12.3 Å². The van der Waals surface area contributed by atoms with Gasteiger partial charge in [0.2, 0.25) is 0 Å². The lowest BCUT2D eigenvalue weighted by atomic mass is 9.99. The van der Waals surface area contributed by atoms with Gasteiger partial charge < -0.3 is 0 Å². The molecule has 1 aliphatic heterocycles. The SMILES string of the molecule is C#Cc1ccccc1C1CCCN1C. The van der Waals surface area contributed by atoms with Crippen LogP contribution in [0.5, 0.6) is 0 Å². The van der Waals surface area contributed by atoms with Crippen LogP contribution in [0, 0.1) is 12.3 Å². The third-order valence-corrected chi connectivity index (χ3v) is 3.00. The summed E-state index contributed by atoms with van der Waals surface area (Å²) in [5.74, 6) is 2.77. The largest absolute Gasteiger partial charge is 0.299 e. The summed E-state index contributed by atoms with van der Waals surface area (Å²) < 4.78 is 0. The van der Waals surface area contributed by atoms with Crippen LogP contribution < -0.4 is 0 Å². The van der Waals surface area contributed by atoms with Gasteiger partial charge in [0.25, 0.3) is 0 Å². The van der Waals surface area contributed by atoms with Crippen molar-refractivity contribution in [1.29, 1.82) is 0 Å². The zero-order valence-corrected chi connectivity index (χ0v) is 8.53. The fourth-order valence-electron chi connectivity index (χ4n) is 2.22. The molecule has 1 aliphatic rings. The van der Waals surface area contributed by atoms with E-state index in [4.69, 9.17) is 6.42 Å². The number of rotatable bonds is 1. The molecule has 0 aliphatic carbocycles. The maximum absolute atomic E-state index is 5.50. The third-order valence-electron chi connectivity index (χ3n) is 3.00. The van der Waals surface area contributed by atoms with Crippen molar-refractivity contribution in [1.82, 2.24) is 4.90 Å². The van der Waals surface area contributed by atoms with E-state index >= 15 is 0 Å². The predicted octanol–water partition coefficient (Wildman–Crippen LogP) is 2.43. The summed E-state index contributed by atoms with van der Waals surface area (Å²) in [7, 11) is 2.17. The molecule has 1 aromatic rings. The Hall–Kier alpha value is -1.26. The maximum atomic E-state index is 5.50. The number of nitrogens with zero attached hydrogens (tertiary/aromatic N) is 1. The Morgan fingerprint density at radius 3 is 2.86 bits per heavy atom. The summed E-state index contributed by atoms with van der Waals surface area (Å²) in [6.45, 7) is 1.18. The molecule has 0 amide bonds. The van der Waals surface area contributed by atoms with Crippen molar-refractivity contribution in [3.05, 3.63) is 35.4 Å². The van der Waals surface area contributed by atoms with Gasteiger partial charge in [0.15, 0.2) is 0 Å². The van der Waals surface area contributed by atoms with Gasteiger partial charge in [-0.15, -0.1) is 6.42 Å². The summed E-state index contributed by atoms with van der Waals surface area (Å²) in [5.41, 5.74) is 2.36. The molecule has 1 heteroatoms. The maximum Gasteiger partial charge on any atom is 0.0357 e. The van der Waals surface area contributed by atoms with E-state index in [0.717, 1.165) is 5.56 Å². The van der Waals surface area contributed by atoms with Gasteiger partial charge in [-0.2, -0.15) is 0 Å². The van der Waals surface area contributed by atoms with Crippen LogP contribution in [0.4, 0.5) is 0 Å². The van der Waals surface area contributed by atoms with Crippen molar-refractivity contribution in [3.63, 3.8) is 0 Å². The number of terminal acetylenes is 1. The van der Waals surface area contributed by atoms with E-state index in [9.17, 15) is 0 Å². The molecule has 1 nitrogen and oxygen atoms in total. The van der Waals surface area contributed by atoms with Gasteiger partial charge in [0.05, 0.1) is 0 Å². The summed E-state index contributed by atoms with van der Waals surface area (Å²) >= 11 is 0. The molecule has 2 rings (SSSR count). The minimum atomic E-state index is 0.530. The van der Waals surface area contributed by atoms with Crippen LogP contribution >= 0.6 is 0 Å². The fourth-order valence-corrected chi connectivity index (χ4v) is 2.22. The zero-order valence-electron chi connectivity index (χ0n) is 8.53. The Balaban J connectivity index is 2.36. The lowest BCUT2D eigenvalue weighted by molar-refractivity contribution is 0.317. The first-order valence-electron chi connectivity index (χ1n) is 5.08. The van der Waals surface area contributed by atoms with Crippen LogP contribution in [-0.4, -0.2) is 18.5 Å². The molecule has 0 spiro atoms. The normalized spacial score (nSPS) is 22.1. The summed E-state index contributed by atoms with van der Waals surface area (Å²) in [5, 5.41) is 0. The molecule has 1 fully saturated rings. The van der Waals surface area contributed by atoms with E-state index in [1.54, 1.807) is 0 Å². The van der Waals surface area contributed by atoms with Crippen LogP contribution in [0.3, 0.4) is 0 Å². The van der Waals surface area contributed by atoms with Crippen molar-refractivity contribution in [2.75, 3.05) is 13.6 Å². The monoisotopic (exact) mass is 185 g/mol. The molecule has 1 atom stereocenters. The molecular weight excluding hydrogens is 170 g/mol. The lowest BCUT2D eigenvalue weighted by Gasteiger charge is -2.20. The molecular formula is C13H15N. The Bertz CT molecular complexity index is 362.